The number of benzene rings is 1. The van der Waals surface area contributed by atoms with Gasteiger partial charge in [0.2, 0.25) is 10.0 Å². The van der Waals surface area contributed by atoms with Crippen LogP contribution in [-0.4, -0.2) is 32.4 Å². The molecule has 0 fully saturated rings. The summed E-state index contributed by atoms with van der Waals surface area (Å²) in [6.07, 6.45) is 1.56. The Labute approximate surface area is 114 Å². The second kappa shape index (κ2) is 6.08. The van der Waals surface area contributed by atoms with Gasteiger partial charge >= 0.3 is 0 Å². The largest absolute Gasteiger partial charge is 0.495 e. The predicted octanol–water partition coefficient (Wildman–Crippen LogP) is 1.86. The van der Waals surface area contributed by atoms with Crippen LogP contribution in [0, 0.1) is 0 Å². The smallest absolute Gasteiger partial charge is 0.247 e. The highest BCUT2D eigenvalue weighted by molar-refractivity contribution is 7.89. The summed E-state index contributed by atoms with van der Waals surface area (Å²) in [7, 11) is -2.22. The molecule has 1 rings (SSSR count). The summed E-state index contributed by atoms with van der Waals surface area (Å²) in [5.74, 6) is 0.245. The van der Waals surface area contributed by atoms with Gasteiger partial charge in [0.25, 0.3) is 0 Å². The van der Waals surface area contributed by atoms with Gasteiger partial charge in [-0.15, -0.1) is 6.58 Å². The summed E-state index contributed by atoms with van der Waals surface area (Å²) in [6, 6.07) is 4.33. The van der Waals surface area contributed by atoms with Crippen LogP contribution in [0.2, 0.25) is 0 Å². The van der Waals surface area contributed by atoms with Gasteiger partial charge in [0.05, 0.1) is 7.11 Å². The molecule has 106 valence electrons. The minimum atomic E-state index is -3.64. The van der Waals surface area contributed by atoms with Gasteiger partial charge in [-0.1, -0.05) is 6.08 Å². The summed E-state index contributed by atoms with van der Waals surface area (Å²) in [6.45, 7) is 7.45. The van der Waals surface area contributed by atoms with E-state index in [1.54, 1.807) is 12.1 Å². The molecule has 0 aliphatic carbocycles. The van der Waals surface area contributed by atoms with Gasteiger partial charge in [-0.2, -0.15) is 4.31 Å². The molecule has 0 saturated carbocycles. The van der Waals surface area contributed by atoms with Crippen molar-refractivity contribution in [3.05, 3.63) is 30.9 Å². The first kappa shape index (κ1) is 15.5. The number of nitrogens with zero attached hydrogens (tertiary/aromatic N) is 1. The summed E-state index contributed by atoms with van der Waals surface area (Å²) >= 11 is 0. The van der Waals surface area contributed by atoms with Gasteiger partial charge in [-0.05, 0) is 26.0 Å². The van der Waals surface area contributed by atoms with Crippen molar-refractivity contribution in [2.24, 2.45) is 0 Å². The van der Waals surface area contributed by atoms with E-state index < -0.39 is 10.0 Å². The molecular weight excluding hydrogens is 264 g/mol. The van der Waals surface area contributed by atoms with Crippen molar-refractivity contribution in [1.29, 1.82) is 0 Å². The van der Waals surface area contributed by atoms with Crippen LogP contribution < -0.4 is 10.5 Å². The summed E-state index contributed by atoms with van der Waals surface area (Å²) in [4.78, 5) is 0.111. The van der Waals surface area contributed by atoms with Crippen LogP contribution in [0.5, 0.6) is 5.75 Å². The van der Waals surface area contributed by atoms with Crippen LogP contribution in [0.3, 0.4) is 0 Å². The van der Waals surface area contributed by atoms with Crippen molar-refractivity contribution in [2.45, 2.75) is 24.8 Å². The van der Waals surface area contributed by atoms with Crippen molar-refractivity contribution < 1.29 is 13.2 Å². The van der Waals surface area contributed by atoms with Gasteiger partial charge < -0.3 is 10.5 Å². The molecular formula is C13H20N2O3S. The third kappa shape index (κ3) is 3.27. The molecule has 0 bridgehead atoms. The molecule has 19 heavy (non-hydrogen) atoms. The molecule has 0 unspecified atom stereocenters. The Morgan fingerprint density at radius 1 is 1.47 bits per heavy atom. The Kier molecular flexibility index (Phi) is 4.97. The zero-order chi connectivity index (χ0) is 14.6. The molecule has 0 spiro atoms. The van der Waals surface area contributed by atoms with Crippen LogP contribution in [0.25, 0.3) is 0 Å². The zero-order valence-electron chi connectivity index (χ0n) is 11.5. The minimum absolute atomic E-state index is 0.111. The van der Waals surface area contributed by atoms with Crippen molar-refractivity contribution >= 4 is 15.7 Å². The number of rotatable bonds is 6. The van der Waals surface area contributed by atoms with E-state index in [1.165, 1.54) is 23.5 Å². The monoisotopic (exact) mass is 284 g/mol. The van der Waals surface area contributed by atoms with E-state index in [2.05, 4.69) is 6.58 Å². The highest BCUT2D eigenvalue weighted by Crippen LogP contribution is 2.29. The van der Waals surface area contributed by atoms with E-state index in [4.69, 9.17) is 10.5 Å². The van der Waals surface area contributed by atoms with Gasteiger partial charge in [-0.3, -0.25) is 0 Å². The van der Waals surface area contributed by atoms with Crippen LogP contribution in [0.15, 0.2) is 35.7 Å². The first-order valence-electron chi connectivity index (χ1n) is 5.90. The molecule has 0 aromatic heterocycles. The maximum atomic E-state index is 12.6. The topological polar surface area (TPSA) is 72.6 Å². The number of sulfonamides is 1. The van der Waals surface area contributed by atoms with E-state index in [-0.39, 0.29) is 23.2 Å². The molecule has 6 heteroatoms. The van der Waals surface area contributed by atoms with E-state index in [1.807, 2.05) is 13.8 Å². The number of anilines is 1. The minimum Gasteiger partial charge on any atom is -0.495 e. The van der Waals surface area contributed by atoms with E-state index >= 15 is 0 Å². The fourth-order valence-electron chi connectivity index (χ4n) is 1.74. The molecule has 0 amide bonds. The molecule has 0 saturated heterocycles. The van der Waals surface area contributed by atoms with E-state index in [0.29, 0.717) is 5.69 Å². The van der Waals surface area contributed by atoms with Gasteiger partial charge in [-0.25, -0.2) is 8.42 Å². The molecule has 1 aromatic carbocycles. The van der Waals surface area contributed by atoms with Crippen LogP contribution >= 0.6 is 0 Å². The van der Waals surface area contributed by atoms with E-state index in [0.717, 1.165) is 0 Å². The summed E-state index contributed by atoms with van der Waals surface area (Å²) in [5, 5.41) is 0. The maximum Gasteiger partial charge on any atom is 0.247 e. The molecule has 0 aliphatic rings. The standard InChI is InChI=1S/C13H20N2O3S/c1-5-8-15(10(2)3)19(16,17)13-7-6-11(14)9-12(13)18-4/h5-7,9-10H,1,8,14H2,2-4H3. The molecule has 1 aromatic rings. The quantitative estimate of drug-likeness (QED) is 0.639. The molecule has 0 radical (unpaired) electrons. The predicted molar refractivity (Wildman–Crippen MR) is 76.6 cm³/mol. The van der Waals surface area contributed by atoms with Crippen molar-refractivity contribution in [3.8, 4) is 5.75 Å². The van der Waals surface area contributed by atoms with Gasteiger partial charge in [0.1, 0.15) is 10.6 Å². The molecule has 0 aliphatic heterocycles. The summed E-state index contributed by atoms with van der Waals surface area (Å²) < 4.78 is 31.7. The number of hydrogen-bond acceptors (Lipinski definition) is 4. The molecule has 0 atom stereocenters. The van der Waals surface area contributed by atoms with Gasteiger partial charge in [0.15, 0.2) is 0 Å². The first-order chi connectivity index (χ1) is 8.84. The number of methoxy groups -OCH3 is 1. The highest BCUT2D eigenvalue weighted by atomic mass is 32.2. The second-order valence-electron chi connectivity index (χ2n) is 4.37. The lowest BCUT2D eigenvalue weighted by molar-refractivity contribution is 0.372. The Morgan fingerprint density at radius 2 is 2.11 bits per heavy atom. The second-order valence-corrected chi connectivity index (χ2v) is 6.23. The number of nitrogen functional groups attached to an aromatic ring is 1. The van der Waals surface area contributed by atoms with Crippen molar-refractivity contribution in [1.82, 2.24) is 4.31 Å². The fourth-order valence-corrected chi connectivity index (χ4v) is 3.48. The normalized spacial score (nSPS) is 11.8. The number of ether oxygens (including phenoxy) is 1. The lowest BCUT2D eigenvalue weighted by Gasteiger charge is -2.25. The number of nitrogens with two attached hydrogens (primary N) is 1. The first-order valence-corrected chi connectivity index (χ1v) is 7.34. The van der Waals surface area contributed by atoms with Crippen LogP contribution in [0.4, 0.5) is 5.69 Å². The van der Waals surface area contributed by atoms with Crippen molar-refractivity contribution in [3.63, 3.8) is 0 Å². The van der Waals surface area contributed by atoms with E-state index in [9.17, 15) is 8.42 Å². The lowest BCUT2D eigenvalue weighted by Crippen LogP contribution is -2.37. The average molecular weight is 284 g/mol. The Hall–Kier alpha value is -1.53. The Morgan fingerprint density at radius 3 is 2.58 bits per heavy atom. The Balaban J connectivity index is 3.36. The number of hydrogen-bond donors (Lipinski definition) is 1. The van der Waals surface area contributed by atoms with Crippen molar-refractivity contribution in [2.75, 3.05) is 19.4 Å². The van der Waals surface area contributed by atoms with Crippen LogP contribution in [0.1, 0.15) is 13.8 Å². The maximum absolute atomic E-state index is 12.6. The Bertz CT molecular complexity index is 553. The SMILES string of the molecule is C=CCN(C(C)C)S(=O)(=O)c1ccc(N)cc1OC. The lowest BCUT2D eigenvalue weighted by atomic mass is 10.3. The third-order valence-electron chi connectivity index (χ3n) is 2.66. The highest BCUT2D eigenvalue weighted by Gasteiger charge is 2.28. The fraction of sp³-hybridized carbons (Fsp3) is 0.385. The van der Waals surface area contributed by atoms with Crippen LogP contribution in [-0.2, 0) is 10.0 Å². The summed E-state index contributed by atoms with van der Waals surface area (Å²) in [5.41, 5.74) is 6.09. The average Bonchev–Trinajstić information content (AvgIpc) is 2.34. The zero-order valence-corrected chi connectivity index (χ0v) is 12.3. The molecule has 2 N–H and O–H groups in total. The molecule has 5 nitrogen and oxygen atoms in total. The van der Waals surface area contributed by atoms with Gasteiger partial charge in [0, 0.05) is 24.3 Å². The molecule has 0 heterocycles. The third-order valence-corrected chi connectivity index (χ3v) is 4.74.